The average molecular weight is 323 g/mol. The molecule has 23 heavy (non-hydrogen) atoms. The molecule has 0 aromatic carbocycles. The van der Waals surface area contributed by atoms with Crippen LogP contribution in [0.3, 0.4) is 0 Å². The molecule has 0 N–H and O–H groups in total. The molecule has 0 aromatic rings. The van der Waals surface area contributed by atoms with Crippen molar-refractivity contribution in [2.45, 2.75) is 84.1 Å². The van der Waals surface area contributed by atoms with Gasteiger partial charge in [-0.25, -0.2) is 0 Å². The third kappa shape index (κ3) is 5.22. The van der Waals surface area contributed by atoms with Gasteiger partial charge in [-0.3, -0.25) is 9.59 Å². The molecular formula is C19H33NO3. The van der Waals surface area contributed by atoms with E-state index in [9.17, 15) is 9.59 Å². The van der Waals surface area contributed by atoms with Crippen molar-refractivity contribution in [1.82, 2.24) is 4.90 Å². The lowest BCUT2D eigenvalue weighted by Gasteiger charge is -2.31. The molecule has 1 saturated carbocycles. The van der Waals surface area contributed by atoms with E-state index in [1.54, 1.807) is 0 Å². The summed E-state index contributed by atoms with van der Waals surface area (Å²) < 4.78 is 5.54. The Balaban J connectivity index is 1.78. The molecule has 0 bridgehead atoms. The quantitative estimate of drug-likeness (QED) is 0.636. The van der Waals surface area contributed by atoms with E-state index in [4.69, 9.17) is 4.74 Å². The van der Waals surface area contributed by atoms with Gasteiger partial charge in [0.2, 0.25) is 5.91 Å². The molecule has 2 fully saturated rings. The molecule has 2 atom stereocenters. The van der Waals surface area contributed by atoms with E-state index in [1.807, 2.05) is 4.90 Å². The summed E-state index contributed by atoms with van der Waals surface area (Å²) >= 11 is 0. The largest absolute Gasteiger partial charge is 0.465 e. The van der Waals surface area contributed by atoms with Gasteiger partial charge in [0.1, 0.15) is 0 Å². The fourth-order valence-corrected chi connectivity index (χ4v) is 3.85. The molecule has 0 aromatic heterocycles. The number of rotatable bonds is 8. The first kappa shape index (κ1) is 18.3. The Morgan fingerprint density at radius 2 is 2.00 bits per heavy atom. The lowest BCUT2D eigenvalue weighted by Crippen LogP contribution is -2.38. The second-order valence-corrected chi connectivity index (χ2v) is 7.29. The topological polar surface area (TPSA) is 46.6 Å². The first-order valence-electron chi connectivity index (χ1n) is 9.61. The average Bonchev–Trinajstić information content (AvgIpc) is 2.97. The molecule has 4 heteroatoms. The monoisotopic (exact) mass is 323 g/mol. The highest BCUT2D eigenvalue weighted by Crippen LogP contribution is 2.29. The van der Waals surface area contributed by atoms with Crippen LogP contribution < -0.4 is 0 Å². The van der Waals surface area contributed by atoms with Gasteiger partial charge in [-0.15, -0.1) is 0 Å². The highest BCUT2D eigenvalue weighted by Gasteiger charge is 2.39. The number of hydrogen-bond acceptors (Lipinski definition) is 3. The fourth-order valence-electron chi connectivity index (χ4n) is 3.85. The maximum Gasteiger partial charge on any atom is 0.311 e. The number of carbonyl (C=O) groups excluding carboxylic acids is 2. The zero-order valence-electron chi connectivity index (χ0n) is 14.9. The Hall–Kier alpha value is -1.06. The first-order valence-corrected chi connectivity index (χ1v) is 9.61. The number of amides is 1. The van der Waals surface area contributed by atoms with Crippen molar-refractivity contribution in [1.29, 1.82) is 0 Å². The van der Waals surface area contributed by atoms with Crippen LogP contribution in [-0.2, 0) is 14.3 Å². The van der Waals surface area contributed by atoms with Crippen molar-refractivity contribution in [2.75, 3.05) is 13.2 Å². The zero-order valence-corrected chi connectivity index (χ0v) is 14.9. The maximum atomic E-state index is 12.3. The number of carbonyl (C=O) groups is 2. The van der Waals surface area contributed by atoms with Gasteiger partial charge >= 0.3 is 5.97 Å². The predicted octanol–water partition coefficient (Wildman–Crippen LogP) is 3.93. The van der Waals surface area contributed by atoms with Crippen molar-refractivity contribution in [2.24, 2.45) is 11.8 Å². The first-order chi connectivity index (χ1) is 11.2. The van der Waals surface area contributed by atoms with Gasteiger partial charge in [-0.1, -0.05) is 52.4 Å². The lowest BCUT2D eigenvalue weighted by molar-refractivity contribution is -0.149. The van der Waals surface area contributed by atoms with Gasteiger partial charge in [-0.05, 0) is 25.2 Å². The SMILES string of the molecule is CCCCC(CC)COC(=O)C1CC(=O)N(C2CCCCC2)C1. The molecule has 0 spiro atoms. The van der Waals surface area contributed by atoms with Crippen LogP contribution in [0, 0.1) is 11.8 Å². The Morgan fingerprint density at radius 3 is 2.65 bits per heavy atom. The molecular weight excluding hydrogens is 290 g/mol. The van der Waals surface area contributed by atoms with Crippen molar-refractivity contribution in [3.05, 3.63) is 0 Å². The number of esters is 1. The maximum absolute atomic E-state index is 12.3. The number of likely N-dealkylation sites (tertiary alicyclic amines) is 1. The fraction of sp³-hybridized carbons (Fsp3) is 0.895. The Kier molecular flexibility index (Phi) is 7.38. The summed E-state index contributed by atoms with van der Waals surface area (Å²) in [6.45, 7) is 5.43. The number of unbranched alkanes of at least 4 members (excludes halogenated alkanes) is 1. The van der Waals surface area contributed by atoms with Crippen LogP contribution in [0.5, 0.6) is 0 Å². The lowest BCUT2D eigenvalue weighted by atomic mass is 9.94. The van der Waals surface area contributed by atoms with E-state index in [1.165, 1.54) is 32.1 Å². The Bertz CT molecular complexity index is 390. The molecule has 1 aliphatic carbocycles. The molecule has 1 aliphatic heterocycles. The van der Waals surface area contributed by atoms with Crippen molar-refractivity contribution in [3.8, 4) is 0 Å². The van der Waals surface area contributed by atoms with Gasteiger partial charge in [0.05, 0.1) is 12.5 Å². The van der Waals surface area contributed by atoms with Crippen molar-refractivity contribution in [3.63, 3.8) is 0 Å². The van der Waals surface area contributed by atoms with E-state index in [0.717, 1.165) is 25.7 Å². The highest BCUT2D eigenvalue weighted by atomic mass is 16.5. The van der Waals surface area contributed by atoms with Gasteiger partial charge in [0.25, 0.3) is 0 Å². The van der Waals surface area contributed by atoms with Crippen LogP contribution in [0.25, 0.3) is 0 Å². The molecule has 2 rings (SSSR count). The van der Waals surface area contributed by atoms with Gasteiger partial charge < -0.3 is 9.64 Å². The van der Waals surface area contributed by atoms with Crippen LogP contribution in [0.1, 0.15) is 78.1 Å². The van der Waals surface area contributed by atoms with E-state index < -0.39 is 0 Å². The number of hydrogen-bond donors (Lipinski definition) is 0. The second-order valence-electron chi connectivity index (χ2n) is 7.29. The smallest absolute Gasteiger partial charge is 0.311 e. The third-order valence-corrected chi connectivity index (χ3v) is 5.51. The van der Waals surface area contributed by atoms with Crippen LogP contribution in [0.4, 0.5) is 0 Å². The van der Waals surface area contributed by atoms with Gasteiger partial charge in [0.15, 0.2) is 0 Å². The molecule has 4 nitrogen and oxygen atoms in total. The van der Waals surface area contributed by atoms with E-state index in [0.29, 0.717) is 31.5 Å². The van der Waals surface area contributed by atoms with Crippen LogP contribution in [-0.4, -0.2) is 36.0 Å². The predicted molar refractivity (Wildman–Crippen MR) is 91.0 cm³/mol. The highest BCUT2D eigenvalue weighted by molar-refractivity contribution is 5.87. The minimum absolute atomic E-state index is 0.150. The summed E-state index contributed by atoms with van der Waals surface area (Å²) in [7, 11) is 0. The molecule has 1 amide bonds. The Labute approximate surface area is 140 Å². The summed E-state index contributed by atoms with van der Waals surface area (Å²) in [5.41, 5.74) is 0. The normalized spacial score (nSPS) is 24.0. The standard InChI is InChI=1S/C19H33NO3/c1-3-5-9-15(4-2)14-23-19(22)16-12-18(21)20(13-16)17-10-7-6-8-11-17/h15-17H,3-14H2,1-2H3. The van der Waals surface area contributed by atoms with E-state index in [-0.39, 0.29) is 17.8 Å². The summed E-state index contributed by atoms with van der Waals surface area (Å²) in [6.07, 6.45) is 10.8. The Morgan fingerprint density at radius 1 is 1.26 bits per heavy atom. The number of nitrogens with zero attached hydrogens (tertiary/aromatic N) is 1. The van der Waals surface area contributed by atoms with Crippen molar-refractivity contribution >= 4 is 11.9 Å². The molecule has 2 unspecified atom stereocenters. The van der Waals surface area contributed by atoms with Crippen LogP contribution in [0.15, 0.2) is 0 Å². The molecule has 1 heterocycles. The van der Waals surface area contributed by atoms with Gasteiger partial charge in [-0.2, -0.15) is 0 Å². The molecule has 0 radical (unpaired) electrons. The summed E-state index contributed by atoms with van der Waals surface area (Å²) in [6, 6.07) is 0.363. The summed E-state index contributed by atoms with van der Waals surface area (Å²) in [5, 5.41) is 0. The molecule has 132 valence electrons. The third-order valence-electron chi connectivity index (χ3n) is 5.51. The molecule has 2 aliphatic rings. The van der Waals surface area contributed by atoms with E-state index in [2.05, 4.69) is 13.8 Å². The summed E-state index contributed by atoms with van der Waals surface area (Å²) in [5.74, 6) is 0.210. The van der Waals surface area contributed by atoms with Crippen molar-refractivity contribution < 1.29 is 14.3 Å². The minimum atomic E-state index is -0.242. The molecule has 1 saturated heterocycles. The number of ether oxygens (including phenoxy) is 1. The second kappa shape index (κ2) is 9.29. The summed E-state index contributed by atoms with van der Waals surface area (Å²) in [4.78, 5) is 26.5. The van der Waals surface area contributed by atoms with Crippen LogP contribution in [0.2, 0.25) is 0 Å². The van der Waals surface area contributed by atoms with Crippen LogP contribution >= 0.6 is 0 Å². The van der Waals surface area contributed by atoms with E-state index >= 15 is 0 Å². The van der Waals surface area contributed by atoms with Gasteiger partial charge in [0, 0.05) is 19.0 Å². The minimum Gasteiger partial charge on any atom is -0.465 e. The zero-order chi connectivity index (χ0) is 16.7.